The van der Waals surface area contributed by atoms with Gasteiger partial charge in [-0.15, -0.1) is 11.3 Å². The molecule has 1 unspecified atom stereocenters. The molecule has 1 aliphatic rings. The number of carbonyl (C=O) groups is 2. The van der Waals surface area contributed by atoms with E-state index in [0.717, 1.165) is 11.3 Å². The van der Waals surface area contributed by atoms with E-state index >= 15 is 0 Å². The molecule has 0 aliphatic carbocycles. The van der Waals surface area contributed by atoms with Gasteiger partial charge in [0.15, 0.2) is 5.13 Å². The van der Waals surface area contributed by atoms with Crippen molar-refractivity contribution in [2.45, 2.75) is 18.9 Å². The number of rotatable bonds is 3. The number of hydrogen-bond acceptors (Lipinski definition) is 4. The van der Waals surface area contributed by atoms with Crippen LogP contribution in [0.5, 0.6) is 0 Å². The Balaban J connectivity index is 1.72. The highest BCUT2D eigenvalue weighted by molar-refractivity contribution is 7.14. The zero-order valence-electron chi connectivity index (χ0n) is 10.9. The third-order valence-corrected chi connectivity index (χ3v) is 4.28. The van der Waals surface area contributed by atoms with Crippen molar-refractivity contribution in [3.8, 4) is 11.3 Å². The lowest BCUT2D eigenvalue weighted by molar-refractivity contribution is -0.122. The Morgan fingerprint density at radius 2 is 2.24 bits per heavy atom. The summed E-state index contributed by atoms with van der Waals surface area (Å²) < 4.78 is 0. The minimum Gasteiger partial charge on any atom is -0.344 e. The third-order valence-electron chi connectivity index (χ3n) is 3.20. The SMILES string of the molecule is O=C1CCC(C(=O)Nc2nc(-c3ccccc3Cl)cs2)N1. The van der Waals surface area contributed by atoms with E-state index in [1.165, 1.54) is 11.3 Å². The summed E-state index contributed by atoms with van der Waals surface area (Å²) in [6.07, 6.45) is 0.911. The van der Waals surface area contributed by atoms with E-state index < -0.39 is 6.04 Å². The number of nitrogens with one attached hydrogen (secondary N) is 2. The molecule has 1 aliphatic heterocycles. The summed E-state index contributed by atoms with van der Waals surface area (Å²) in [6.45, 7) is 0. The number of halogens is 1. The first kappa shape index (κ1) is 14.0. The fraction of sp³-hybridized carbons (Fsp3) is 0.214. The second kappa shape index (κ2) is 5.83. The minimum absolute atomic E-state index is 0.0916. The topological polar surface area (TPSA) is 71.1 Å². The van der Waals surface area contributed by atoms with Gasteiger partial charge in [0.2, 0.25) is 11.8 Å². The van der Waals surface area contributed by atoms with Crippen LogP contribution < -0.4 is 10.6 Å². The smallest absolute Gasteiger partial charge is 0.248 e. The fourth-order valence-electron chi connectivity index (χ4n) is 2.13. The molecule has 1 saturated heterocycles. The van der Waals surface area contributed by atoms with Crippen LogP contribution in [0.1, 0.15) is 12.8 Å². The summed E-state index contributed by atoms with van der Waals surface area (Å²) >= 11 is 7.45. The van der Waals surface area contributed by atoms with Gasteiger partial charge in [0.25, 0.3) is 0 Å². The second-order valence-electron chi connectivity index (χ2n) is 4.67. The van der Waals surface area contributed by atoms with Gasteiger partial charge in [0.05, 0.1) is 5.69 Å². The van der Waals surface area contributed by atoms with Crippen LogP contribution in [-0.2, 0) is 9.59 Å². The number of carbonyl (C=O) groups excluding carboxylic acids is 2. The number of thiazole rings is 1. The van der Waals surface area contributed by atoms with Crippen LogP contribution in [0.15, 0.2) is 29.6 Å². The largest absolute Gasteiger partial charge is 0.344 e. The number of amides is 2. The van der Waals surface area contributed by atoms with Crippen molar-refractivity contribution < 1.29 is 9.59 Å². The van der Waals surface area contributed by atoms with Crippen molar-refractivity contribution in [3.05, 3.63) is 34.7 Å². The molecule has 2 amide bonds. The van der Waals surface area contributed by atoms with Crippen LogP contribution in [-0.4, -0.2) is 22.8 Å². The van der Waals surface area contributed by atoms with Crippen LogP contribution in [0.3, 0.4) is 0 Å². The number of hydrogen-bond donors (Lipinski definition) is 2. The first-order valence-electron chi connectivity index (χ1n) is 6.44. The Bertz CT molecular complexity index is 701. The van der Waals surface area contributed by atoms with Crippen LogP contribution in [0.4, 0.5) is 5.13 Å². The summed E-state index contributed by atoms with van der Waals surface area (Å²) in [7, 11) is 0. The van der Waals surface area contributed by atoms with E-state index in [1.807, 2.05) is 23.6 Å². The van der Waals surface area contributed by atoms with E-state index in [2.05, 4.69) is 15.6 Å². The quantitative estimate of drug-likeness (QED) is 0.913. The van der Waals surface area contributed by atoms with Crippen molar-refractivity contribution in [3.63, 3.8) is 0 Å². The van der Waals surface area contributed by atoms with Gasteiger partial charge in [-0.25, -0.2) is 4.98 Å². The summed E-state index contributed by atoms with van der Waals surface area (Å²) in [5.41, 5.74) is 1.54. The maximum atomic E-state index is 12.0. The Morgan fingerprint density at radius 1 is 1.43 bits per heavy atom. The Labute approximate surface area is 130 Å². The van der Waals surface area contributed by atoms with Gasteiger partial charge in [0, 0.05) is 22.4 Å². The average molecular weight is 322 g/mol. The van der Waals surface area contributed by atoms with Crippen LogP contribution in [0, 0.1) is 0 Å². The van der Waals surface area contributed by atoms with Crippen LogP contribution in [0.25, 0.3) is 11.3 Å². The second-order valence-corrected chi connectivity index (χ2v) is 5.93. The summed E-state index contributed by atoms with van der Waals surface area (Å²) in [4.78, 5) is 27.5. The summed E-state index contributed by atoms with van der Waals surface area (Å²) in [5.74, 6) is -0.327. The van der Waals surface area contributed by atoms with Crippen molar-refractivity contribution in [2.75, 3.05) is 5.32 Å². The molecule has 0 saturated carbocycles. The highest BCUT2D eigenvalue weighted by atomic mass is 35.5. The summed E-state index contributed by atoms with van der Waals surface area (Å²) in [5, 5.41) is 8.30. The Hall–Kier alpha value is -1.92. The fourth-order valence-corrected chi connectivity index (χ4v) is 3.07. The lowest BCUT2D eigenvalue weighted by atomic mass is 10.2. The molecule has 2 heterocycles. The average Bonchev–Trinajstić information content (AvgIpc) is 3.08. The Morgan fingerprint density at radius 3 is 2.95 bits per heavy atom. The molecule has 1 aromatic carbocycles. The molecule has 108 valence electrons. The zero-order chi connectivity index (χ0) is 14.8. The lowest BCUT2D eigenvalue weighted by Crippen LogP contribution is -2.37. The first-order valence-corrected chi connectivity index (χ1v) is 7.70. The molecule has 0 radical (unpaired) electrons. The van der Waals surface area contributed by atoms with Gasteiger partial charge in [-0.05, 0) is 12.5 Å². The van der Waals surface area contributed by atoms with Gasteiger partial charge in [-0.3, -0.25) is 9.59 Å². The molecule has 0 bridgehead atoms. The first-order chi connectivity index (χ1) is 10.1. The molecule has 7 heteroatoms. The van der Waals surface area contributed by atoms with Crippen molar-refractivity contribution in [1.29, 1.82) is 0 Å². The number of aromatic nitrogens is 1. The van der Waals surface area contributed by atoms with Gasteiger partial charge in [-0.2, -0.15) is 0 Å². The van der Waals surface area contributed by atoms with Crippen molar-refractivity contribution >= 4 is 39.9 Å². The predicted octanol–water partition coefficient (Wildman–Crippen LogP) is 2.68. The normalized spacial score (nSPS) is 17.6. The van der Waals surface area contributed by atoms with Gasteiger partial charge < -0.3 is 10.6 Å². The molecule has 2 N–H and O–H groups in total. The third kappa shape index (κ3) is 3.06. The summed E-state index contributed by atoms with van der Waals surface area (Å²) in [6, 6.07) is 6.93. The monoisotopic (exact) mass is 321 g/mol. The molecule has 0 spiro atoms. The van der Waals surface area contributed by atoms with E-state index in [9.17, 15) is 9.59 Å². The minimum atomic E-state index is -0.467. The number of nitrogens with zero attached hydrogens (tertiary/aromatic N) is 1. The molecule has 1 aromatic heterocycles. The van der Waals surface area contributed by atoms with E-state index in [4.69, 9.17) is 11.6 Å². The van der Waals surface area contributed by atoms with Crippen LogP contribution >= 0.6 is 22.9 Å². The molecular weight excluding hydrogens is 310 g/mol. The van der Waals surface area contributed by atoms with E-state index in [-0.39, 0.29) is 11.8 Å². The molecular formula is C14H12ClN3O2S. The maximum Gasteiger partial charge on any atom is 0.248 e. The molecule has 1 fully saturated rings. The molecule has 5 nitrogen and oxygen atoms in total. The van der Waals surface area contributed by atoms with Crippen LogP contribution in [0.2, 0.25) is 5.02 Å². The number of anilines is 1. The molecule has 3 rings (SSSR count). The van der Waals surface area contributed by atoms with Gasteiger partial charge >= 0.3 is 0 Å². The van der Waals surface area contributed by atoms with Crippen molar-refractivity contribution in [1.82, 2.24) is 10.3 Å². The van der Waals surface area contributed by atoms with E-state index in [1.54, 1.807) is 6.07 Å². The van der Waals surface area contributed by atoms with Gasteiger partial charge in [-0.1, -0.05) is 29.8 Å². The lowest BCUT2D eigenvalue weighted by Gasteiger charge is -2.08. The zero-order valence-corrected chi connectivity index (χ0v) is 12.5. The maximum absolute atomic E-state index is 12.0. The van der Waals surface area contributed by atoms with E-state index in [0.29, 0.717) is 23.0 Å². The standard InChI is InChI=1S/C14H12ClN3O2S/c15-9-4-2-1-3-8(9)11-7-21-14(17-11)18-13(20)10-5-6-12(19)16-10/h1-4,7,10H,5-6H2,(H,16,19)(H,17,18,20). The number of benzene rings is 1. The molecule has 21 heavy (non-hydrogen) atoms. The highest BCUT2D eigenvalue weighted by Gasteiger charge is 2.27. The van der Waals surface area contributed by atoms with Crippen molar-refractivity contribution in [2.24, 2.45) is 0 Å². The molecule has 2 aromatic rings. The Kier molecular flexibility index (Phi) is 3.90. The molecule has 1 atom stereocenters. The van der Waals surface area contributed by atoms with Gasteiger partial charge in [0.1, 0.15) is 6.04 Å². The predicted molar refractivity (Wildman–Crippen MR) is 82.4 cm³/mol. The highest BCUT2D eigenvalue weighted by Crippen LogP contribution is 2.30.